The highest BCUT2D eigenvalue weighted by Crippen LogP contribution is 2.10. The molecule has 1 saturated heterocycles. The van der Waals surface area contributed by atoms with Gasteiger partial charge >= 0.3 is 6.16 Å². The molecular formula is C4H8O4. The summed E-state index contributed by atoms with van der Waals surface area (Å²) in [6, 6.07) is 0. The quantitative estimate of drug-likeness (QED) is 0.403. The molecule has 8 heavy (non-hydrogen) atoms. The molecule has 4 nitrogen and oxygen atoms in total. The van der Waals surface area contributed by atoms with Crippen LogP contribution in [0, 0.1) is 0 Å². The molecule has 1 heterocycles. The Labute approximate surface area is 46.6 Å². The van der Waals surface area contributed by atoms with E-state index in [0.717, 1.165) is 0 Å². The molecule has 4 heteroatoms. The van der Waals surface area contributed by atoms with Gasteiger partial charge in [0.1, 0.15) is 0 Å². The fraction of sp³-hybridized carbons (Fsp3) is 1.00. The van der Waals surface area contributed by atoms with Gasteiger partial charge in [0.05, 0.1) is 13.2 Å². The zero-order valence-corrected chi connectivity index (χ0v) is 4.33. The van der Waals surface area contributed by atoms with Crippen molar-refractivity contribution in [2.24, 2.45) is 0 Å². The van der Waals surface area contributed by atoms with Crippen LogP contribution in [-0.2, 0) is 9.47 Å². The fourth-order valence-corrected chi connectivity index (χ4v) is 0.511. The van der Waals surface area contributed by atoms with Crippen molar-refractivity contribution < 1.29 is 19.7 Å². The van der Waals surface area contributed by atoms with Crippen molar-refractivity contribution in [1.82, 2.24) is 0 Å². The van der Waals surface area contributed by atoms with Crippen LogP contribution in [0.3, 0.4) is 0 Å². The average Bonchev–Trinajstić information content (AvgIpc) is 1.65. The van der Waals surface area contributed by atoms with Gasteiger partial charge in [0, 0.05) is 0 Å². The van der Waals surface area contributed by atoms with Gasteiger partial charge in [0.25, 0.3) is 0 Å². The number of rotatable bonds is 0. The number of ether oxygens (including phenoxy) is 2. The number of hydrogen-bond donors (Lipinski definition) is 2. The SMILES string of the molecule is OC1(O)OCCCO1. The van der Waals surface area contributed by atoms with Crippen LogP contribution in [0.25, 0.3) is 0 Å². The van der Waals surface area contributed by atoms with Crippen LogP contribution in [0.2, 0.25) is 0 Å². The first-order valence-corrected chi connectivity index (χ1v) is 2.43. The van der Waals surface area contributed by atoms with Crippen LogP contribution >= 0.6 is 0 Å². The highest BCUT2D eigenvalue weighted by atomic mass is 16.9. The average molecular weight is 120 g/mol. The molecule has 0 aromatic heterocycles. The van der Waals surface area contributed by atoms with Gasteiger partial charge in [-0.1, -0.05) is 0 Å². The van der Waals surface area contributed by atoms with Crippen LogP contribution in [0.4, 0.5) is 0 Å². The minimum absolute atomic E-state index is 0.340. The lowest BCUT2D eigenvalue weighted by Crippen LogP contribution is -2.39. The minimum atomic E-state index is -2.32. The van der Waals surface area contributed by atoms with Crippen molar-refractivity contribution in [3.63, 3.8) is 0 Å². The number of aliphatic hydroxyl groups is 2. The summed E-state index contributed by atoms with van der Waals surface area (Å²) in [7, 11) is 0. The van der Waals surface area contributed by atoms with Crippen molar-refractivity contribution in [1.29, 1.82) is 0 Å². The second kappa shape index (κ2) is 1.99. The summed E-state index contributed by atoms with van der Waals surface area (Å²) in [5.74, 6) is 0. The molecule has 0 bridgehead atoms. The van der Waals surface area contributed by atoms with Gasteiger partial charge in [0.2, 0.25) is 0 Å². The van der Waals surface area contributed by atoms with Crippen LogP contribution in [-0.4, -0.2) is 29.6 Å². The highest BCUT2D eigenvalue weighted by molar-refractivity contribution is 4.43. The highest BCUT2D eigenvalue weighted by Gasteiger charge is 2.28. The predicted molar refractivity (Wildman–Crippen MR) is 23.7 cm³/mol. The van der Waals surface area contributed by atoms with Gasteiger partial charge in [-0.3, -0.25) is 0 Å². The molecule has 0 unspecified atom stereocenters. The predicted octanol–water partition coefficient (Wildman–Crippen LogP) is -0.981. The first-order valence-electron chi connectivity index (χ1n) is 2.43. The molecule has 1 aliphatic heterocycles. The van der Waals surface area contributed by atoms with Crippen molar-refractivity contribution in [2.75, 3.05) is 13.2 Å². The Morgan fingerprint density at radius 1 is 1.12 bits per heavy atom. The van der Waals surface area contributed by atoms with E-state index < -0.39 is 6.16 Å². The third-order valence-electron chi connectivity index (χ3n) is 0.869. The third-order valence-corrected chi connectivity index (χ3v) is 0.869. The van der Waals surface area contributed by atoms with Crippen molar-refractivity contribution in [3.05, 3.63) is 0 Å². The van der Waals surface area contributed by atoms with E-state index in [0.29, 0.717) is 19.6 Å². The van der Waals surface area contributed by atoms with Gasteiger partial charge < -0.3 is 19.7 Å². The Hall–Kier alpha value is -0.160. The lowest BCUT2D eigenvalue weighted by atomic mass is 10.5. The topological polar surface area (TPSA) is 58.9 Å². The summed E-state index contributed by atoms with van der Waals surface area (Å²) < 4.78 is 8.71. The first-order chi connectivity index (χ1) is 3.71. The smallest absolute Gasteiger partial charge is 0.319 e. The molecule has 0 amide bonds. The second-order valence-electron chi connectivity index (χ2n) is 1.60. The molecule has 0 spiro atoms. The van der Waals surface area contributed by atoms with E-state index in [-0.39, 0.29) is 0 Å². The molecular weight excluding hydrogens is 112 g/mol. The summed E-state index contributed by atoms with van der Waals surface area (Å²) in [6.45, 7) is 0.681. The van der Waals surface area contributed by atoms with Gasteiger partial charge in [0.15, 0.2) is 0 Å². The molecule has 1 aliphatic rings. The van der Waals surface area contributed by atoms with E-state index in [9.17, 15) is 0 Å². The Bertz CT molecular complexity index is 72.1. The maximum atomic E-state index is 8.49. The van der Waals surface area contributed by atoms with Crippen LogP contribution in [0.15, 0.2) is 0 Å². The van der Waals surface area contributed by atoms with E-state index in [1.165, 1.54) is 0 Å². The van der Waals surface area contributed by atoms with E-state index in [1.54, 1.807) is 0 Å². The number of hydrogen-bond acceptors (Lipinski definition) is 4. The summed E-state index contributed by atoms with van der Waals surface area (Å²) in [5, 5.41) is 17.0. The van der Waals surface area contributed by atoms with Crippen LogP contribution in [0.5, 0.6) is 0 Å². The first kappa shape index (κ1) is 5.97. The van der Waals surface area contributed by atoms with Gasteiger partial charge in [-0.25, -0.2) is 0 Å². The monoisotopic (exact) mass is 120 g/mol. The van der Waals surface area contributed by atoms with Gasteiger partial charge in [-0.15, -0.1) is 0 Å². The molecule has 2 N–H and O–H groups in total. The molecule has 0 radical (unpaired) electrons. The molecule has 1 fully saturated rings. The molecule has 48 valence electrons. The summed E-state index contributed by atoms with van der Waals surface area (Å²) in [6.07, 6.45) is -1.61. The lowest BCUT2D eigenvalue weighted by Gasteiger charge is -2.25. The summed E-state index contributed by atoms with van der Waals surface area (Å²) >= 11 is 0. The molecule has 0 aromatic rings. The maximum absolute atomic E-state index is 8.49. The minimum Gasteiger partial charge on any atom is -0.319 e. The fourth-order valence-electron chi connectivity index (χ4n) is 0.511. The summed E-state index contributed by atoms with van der Waals surface area (Å²) in [4.78, 5) is 0. The van der Waals surface area contributed by atoms with Crippen LogP contribution in [0.1, 0.15) is 6.42 Å². The molecule has 0 aliphatic carbocycles. The lowest BCUT2D eigenvalue weighted by molar-refractivity contribution is -0.485. The Morgan fingerprint density at radius 3 is 1.88 bits per heavy atom. The van der Waals surface area contributed by atoms with Crippen molar-refractivity contribution >= 4 is 0 Å². The second-order valence-corrected chi connectivity index (χ2v) is 1.60. The molecule has 0 saturated carbocycles. The normalized spacial score (nSPS) is 27.8. The zero-order chi connectivity index (χ0) is 6.04. The largest absolute Gasteiger partial charge is 0.407 e. The Kier molecular flexibility index (Phi) is 1.48. The Balaban J connectivity index is 2.33. The zero-order valence-electron chi connectivity index (χ0n) is 4.33. The van der Waals surface area contributed by atoms with Crippen LogP contribution < -0.4 is 0 Å². The van der Waals surface area contributed by atoms with E-state index in [1.807, 2.05) is 0 Å². The summed E-state index contributed by atoms with van der Waals surface area (Å²) in [5.41, 5.74) is 0. The van der Waals surface area contributed by atoms with Gasteiger partial charge in [-0.2, -0.15) is 0 Å². The standard InChI is InChI=1S/C4H8O4/c5-4(6)7-2-1-3-8-4/h5-6H,1-3H2. The molecule has 1 rings (SSSR count). The molecule has 0 aromatic carbocycles. The van der Waals surface area contributed by atoms with Crippen molar-refractivity contribution in [2.45, 2.75) is 12.6 Å². The maximum Gasteiger partial charge on any atom is 0.407 e. The van der Waals surface area contributed by atoms with E-state index >= 15 is 0 Å². The van der Waals surface area contributed by atoms with E-state index in [2.05, 4.69) is 9.47 Å². The third kappa shape index (κ3) is 1.41. The van der Waals surface area contributed by atoms with Gasteiger partial charge in [-0.05, 0) is 6.42 Å². The molecule has 0 atom stereocenters. The Morgan fingerprint density at radius 2 is 1.62 bits per heavy atom. The van der Waals surface area contributed by atoms with E-state index in [4.69, 9.17) is 10.2 Å². The van der Waals surface area contributed by atoms with Crippen molar-refractivity contribution in [3.8, 4) is 0 Å².